The molecule has 1 aromatic rings. The maximum absolute atomic E-state index is 11.1. The van der Waals surface area contributed by atoms with Gasteiger partial charge < -0.3 is 5.11 Å². The molecule has 0 amide bonds. The Balaban J connectivity index is 2.04. The molecule has 5 heteroatoms. The van der Waals surface area contributed by atoms with Gasteiger partial charge in [0.15, 0.2) is 0 Å². The molecule has 0 saturated heterocycles. The number of hydrogen-bond acceptors (Lipinski definition) is 4. The van der Waals surface area contributed by atoms with Crippen LogP contribution in [0.2, 0.25) is 0 Å². The number of nitriles is 1. The van der Waals surface area contributed by atoms with Crippen LogP contribution < -0.4 is 0 Å². The van der Waals surface area contributed by atoms with Crippen LogP contribution in [0, 0.1) is 17.2 Å². The van der Waals surface area contributed by atoms with E-state index in [1.807, 2.05) is 12.1 Å². The van der Waals surface area contributed by atoms with Crippen LogP contribution in [0.5, 0.6) is 0 Å². The van der Waals surface area contributed by atoms with Gasteiger partial charge in [-0.25, -0.2) is 0 Å². The minimum atomic E-state index is -0.732. The highest BCUT2D eigenvalue weighted by atomic mass is 16.4. The van der Waals surface area contributed by atoms with Crippen LogP contribution in [-0.2, 0) is 11.3 Å². The molecule has 19 heavy (non-hydrogen) atoms. The Hall–Kier alpha value is -1.93. The van der Waals surface area contributed by atoms with Crippen molar-refractivity contribution in [3.05, 3.63) is 30.1 Å². The van der Waals surface area contributed by atoms with Crippen molar-refractivity contribution in [2.24, 2.45) is 5.92 Å². The van der Waals surface area contributed by atoms with E-state index in [1.165, 1.54) is 0 Å². The van der Waals surface area contributed by atoms with E-state index < -0.39 is 5.97 Å². The molecular weight excluding hydrogens is 242 g/mol. The average molecular weight is 259 g/mol. The van der Waals surface area contributed by atoms with E-state index in [1.54, 1.807) is 12.4 Å². The molecule has 1 aliphatic rings. The molecule has 0 radical (unpaired) electrons. The number of pyridine rings is 1. The number of aromatic nitrogens is 1. The molecule has 2 unspecified atom stereocenters. The fourth-order valence-corrected chi connectivity index (χ4v) is 2.49. The van der Waals surface area contributed by atoms with Crippen LogP contribution in [0.25, 0.3) is 0 Å². The van der Waals surface area contributed by atoms with Crippen LogP contribution in [-0.4, -0.2) is 33.5 Å². The van der Waals surface area contributed by atoms with Gasteiger partial charge in [-0.3, -0.25) is 14.7 Å². The minimum absolute atomic E-state index is 0.0473. The lowest BCUT2D eigenvalue weighted by molar-refractivity contribution is -0.149. The van der Waals surface area contributed by atoms with Crippen molar-refractivity contribution < 1.29 is 9.90 Å². The average Bonchev–Trinajstić information content (AvgIpc) is 2.35. The van der Waals surface area contributed by atoms with Crippen LogP contribution in [0.15, 0.2) is 24.5 Å². The van der Waals surface area contributed by atoms with Gasteiger partial charge in [-0.2, -0.15) is 5.26 Å². The fourth-order valence-electron chi connectivity index (χ4n) is 2.49. The predicted molar refractivity (Wildman–Crippen MR) is 69.0 cm³/mol. The van der Waals surface area contributed by atoms with Gasteiger partial charge in [0.25, 0.3) is 0 Å². The molecule has 0 aliphatic heterocycles. The van der Waals surface area contributed by atoms with Gasteiger partial charge in [-0.15, -0.1) is 0 Å². The molecular formula is C14H17N3O2. The molecule has 5 nitrogen and oxygen atoms in total. The van der Waals surface area contributed by atoms with Gasteiger partial charge in [-0.1, -0.05) is 6.07 Å². The SMILES string of the molecule is N#CCCN(Cc1cccnc1)C1CCC1C(=O)O. The van der Waals surface area contributed by atoms with Crippen LogP contribution >= 0.6 is 0 Å². The number of carboxylic acids is 1. The second-order valence-electron chi connectivity index (χ2n) is 4.83. The molecule has 0 bridgehead atoms. The number of carbonyl (C=O) groups is 1. The smallest absolute Gasteiger partial charge is 0.308 e. The summed E-state index contributed by atoms with van der Waals surface area (Å²) in [6.45, 7) is 1.27. The van der Waals surface area contributed by atoms with Gasteiger partial charge in [0.05, 0.1) is 12.0 Å². The van der Waals surface area contributed by atoms with E-state index in [0.29, 0.717) is 19.5 Å². The second-order valence-corrected chi connectivity index (χ2v) is 4.83. The molecule has 2 rings (SSSR count). The van der Waals surface area contributed by atoms with Crippen molar-refractivity contribution in [3.8, 4) is 6.07 Å². The quantitative estimate of drug-likeness (QED) is 0.840. The molecule has 1 heterocycles. The standard InChI is InChI=1S/C14H17N3O2/c15-6-2-8-17(10-11-3-1-7-16-9-11)13-5-4-12(13)14(18)19/h1,3,7,9,12-13H,2,4-5,8,10H2,(H,18,19). The van der Waals surface area contributed by atoms with Crippen molar-refractivity contribution in [1.82, 2.24) is 9.88 Å². The monoisotopic (exact) mass is 259 g/mol. The summed E-state index contributed by atoms with van der Waals surface area (Å²) in [7, 11) is 0. The number of rotatable bonds is 6. The van der Waals surface area contributed by atoms with Gasteiger partial charge in [-0.05, 0) is 24.5 Å². The normalized spacial score (nSPS) is 21.7. The van der Waals surface area contributed by atoms with E-state index in [-0.39, 0.29) is 12.0 Å². The van der Waals surface area contributed by atoms with E-state index >= 15 is 0 Å². The van der Waals surface area contributed by atoms with Crippen LogP contribution in [0.1, 0.15) is 24.8 Å². The summed E-state index contributed by atoms with van der Waals surface area (Å²) in [5.74, 6) is -1.03. The highest BCUT2D eigenvalue weighted by Gasteiger charge is 2.40. The summed E-state index contributed by atoms with van der Waals surface area (Å²) in [5.41, 5.74) is 1.05. The highest BCUT2D eigenvalue weighted by Crippen LogP contribution is 2.33. The third-order valence-electron chi connectivity index (χ3n) is 3.64. The Bertz CT molecular complexity index is 469. The Morgan fingerprint density at radius 2 is 2.42 bits per heavy atom. The molecule has 0 aromatic carbocycles. The summed E-state index contributed by atoms with van der Waals surface area (Å²) in [6.07, 6.45) is 5.54. The maximum Gasteiger partial charge on any atom is 0.308 e. The van der Waals surface area contributed by atoms with Crippen molar-refractivity contribution >= 4 is 5.97 Å². The number of nitrogens with zero attached hydrogens (tertiary/aromatic N) is 3. The summed E-state index contributed by atoms with van der Waals surface area (Å²) >= 11 is 0. The molecule has 1 saturated carbocycles. The lowest BCUT2D eigenvalue weighted by Crippen LogP contribution is -2.50. The molecule has 1 aromatic heterocycles. The zero-order chi connectivity index (χ0) is 13.7. The number of aliphatic carboxylic acids is 1. The molecule has 1 N–H and O–H groups in total. The minimum Gasteiger partial charge on any atom is -0.481 e. The van der Waals surface area contributed by atoms with Crippen molar-refractivity contribution in [2.45, 2.75) is 31.8 Å². The van der Waals surface area contributed by atoms with Gasteiger partial charge in [0.1, 0.15) is 0 Å². The summed E-state index contributed by atoms with van der Waals surface area (Å²) in [5, 5.41) is 17.9. The van der Waals surface area contributed by atoms with Gasteiger partial charge in [0.2, 0.25) is 0 Å². The lowest BCUT2D eigenvalue weighted by atomic mass is 9.78. The van der Waals surface area contributed by atoms with E-state index in [2.05, 4.69) is 16.0 Å². The summed E-state index contributed by atoms with van der Waals surface area (Å²) in [6, 6.07) is 6.01. The molecule has 1 fully saturated rings. The first-order valence-corrected chi connectivity index (χ1v) is 6.45. The zero-order valence-corrected chi connectivity index (χ0v) is 10.7. The molecule has 1 aliphatic carbocycles. The zero-order valence-electron chi connectivity index (χ0n) is 10.7. The van der Waals surface area contributed by atoms with Crippen LogP contribution in [0.4, 0.5) is 0 Å². The van der Waals surface area contributed by atoms with Gasteiger partial charge >= 0.3 is 5.97 Å². The fraction of sp³-hybridized carbons (Fsp3) is 0.500. The molecule has 2 atom stereocenters. The van der Waals surface area contributed by atoms with Crippen LogP contribution in [0.3, 0.4) is 0 Å². The molecule has 100 valence electrons. The number of carboxylic acid groups (broad SMARTS) is 1. The molecule has 0 spiro atoms. The number of hydrogen-bond donors (Lipinski definition) is 1. The third kappa shape index (κ3) is 3.30. The van der Waals surface area contributed by atoms with Crippen molar-refractivity contribution in [2.75, 3.05) is 6.54 Å². The van der Waals surface area contributed by atoms with Crippen molar-refractivity contribution in [3.63, 3.8) is 0 Å². The Kier molecular flexibility index (Phi) is 4.48. The Morgan fingerprint density at radius 1 is 1.58 bits per heavy atom. The maximum atomic E-state index is 11.1. The van der Waals surface area contributed by atoms with Gasteiger partial charge in [0, 0.05) is 37.9 Å². The highest BCUT2D eigenvalue weighted by molar-refractivity contribution is 5.72. The van der Waals surface area contributed by atoms with E-state index in [9.17, 15) is 4.79 Å². The van der Waals surface area contributed by atoms with E-state index in [0.717, 1.165) is 18.4 Å². The third-order valence-corrected chi connectivity index (χ3v) is 3.64. The first kappa shape index (κ1) is 13.5. The predicted octanol–water partition coefficient (Wildman–Crippen LogP) is 1.66. The Labute approximate surface area is 112 Å². The first-order chi connectivity index (χ1) is 9.22. The lowest BCUT2D eigenvalue weighted by Gasteiger charge is -2.42. The largest absolute Gasteiger partial charge is 0.481 e. The topological polar surface area (TPSA) is 77.2 Å². The first-order valence-electron chi connectivity index (χ1n) is 6.45. The second kappa shape index (κ2) is 6.30. The Morgan fingerprint density at radius 3 is 2.95 bits per heavy atom. The van der Waals surface area contributed by atoms with E-state index in [4.69, 9.17) is 10.4 Å². The van der Waals surface area contributed by atoms with Crippen molar-refractivity contribution in [1.29, 1.82) is 5.26 Å². The summed E-state index contributed by atoms with van der Waals surface area (Å²) < 4.78 is 0. The summed E-state index contributed by atoms with van der Waals surface area (Å²) in [4.78, 5) is 17.3.